The standard InChI is InChI=1S/C24H29N3O3/c1-18-8-9-20(14-21(18)27-13-11-25-23(27)30)22(29)26-12-5-10-24(16-26,17-28)15-19-6-3-2-4-7-19/h2-4,6-9,14,28H,5,10-13,15-17H2,1H3,(H,25,30)/t24-/m0/s1. The zero-order valence-corrected chi connectivity index (χ0v) is 17.4. The Morgan fingerprint density at radius 3 is 2.67 bits per heavy atom. The van der Waals surface area contributed by atoms with Crippen molar-refractivity contribution < 1.29 is 14.7 Å². The number of anilines is 1. The van der Waals surface area contributed by atoms with Crippen LogP contribution in [0.4, 0.5) is 10.5 Å². The maximum atomic E-state index is 13.3. The number of carbonyl (C=O) groups is 2. The van der Waals surface area contributed by atoms with E-state index in [9.17, 15) is 14.7 Å². The Hall–Kier alpha value is -2.86. The molecular weight excluding hydrogens is 378 g/mol. The van der Waals surface area contributed by atoms with E-state index in [1.54, 1.807) is 4.90 Å². The molecular formula is C24H29N3O3. The number of aliphatic hydroxyl groups excluding tert-OH is 1. The van der Waals surface area contributed by atoms with E-state index < -0.39 is 0 Å². The number of piperidine rings is 1. The first-order valence-corrected chi connectivity index (χ1v) is 10.6. The van der Waals surface area contributed by atoms with Crippen LogP contribution in [0.5, 0.6) is 0 Å². The van der Waals surface area contributed by atoms with Crippen LogP contribution in [0, 0.1) is 12.3 Å². The Morgan fingerprint density at radius 1 is 1.17 bits per heavy atom. The van der Waals surface area contributed by atoms with Crippen LogP contribution in [0.3, 0.4) is 0 Å². The second-order valence-electron chi connectivity index (χ2n) is 8.54. The summed E-state index contributed by atoms with van der Waals surface area (Å²) >= 11 is 0. The fourth-order valence-corrected chi connectivity index (χ4v) is 4.66. The number of likely N-dealkylation sites (tertiary alicyclic amines) is 1. The highest BCUT2D eigenvalue weighted by Gasteiger charge is 2.37. The van der Waals surface area contributed by atoms with Crippen molar-refractivity contribution in [3.05, 3.63) is 65.2 Å². The summed E-state index contributed by atoms with van der Waals surface area (Å²) < 4.78 is 0. The zero-order valence-electron chi connectivity index (χ0n) is 17.4. The van der Waals surface area contributed by atoms with Crippen molar-refractivity contribution in [2.75, 3.05) is 37.7 Å². The van der Waals surface area contributed by atoms with Gasteiger partial charge < -0.3 is 15.3 Å². The summed E-state index contributed by atoms with van der Waals surface area (Å²) in [6, 6.07) is 15.6. The first-order chi connectivity index (χ1) is 14.5. The van der Waals surface area contributed by atoms with E-state index in [0.29, 0.717) is 31.7 Å². The van der Waals surface area contributed by atoms with Gasteiger partial charge in [0.15, 0.2) is 0 Å². The van der Waals surface area contributed by atoms with Gasteiger partial charge in [0, 0.05) is 42.8 Å². The fourth-order valence-electron chi connectivity index (χ4n) is 4.66. The maximum Gasteiger partial charge on any atom is 0.322 e. The maximum absolute atomic E-state index is 13.3. The summed E-state index contributed by atoms with van der Waals surface area (Å²) in [5, 5.41) is 13.0. The number of aryl methyl sites for hydroxylation is 1. The number of carbonyl (C=O) groups excluding carboxylic acids is 2. The third kappa shape index (κ3) is 4.05. The molecule has 1 atom stereocenters. The van der Waals surface area contributed by atoms with E-state index in [-0.39, 0.29) is 24.0 Å². The van der Waals surface area contributed by atoms with Crippen molar-refractivity contribution in [3.8, 4) is 0 Å². The van der Waals surface area contributed by atoms with E-state index in [2.05, 4.69) is 17.4 Å². The number of nitrogens with zero attached hydrogens (tertiary/aromatic N) is 2. The average molecular weight is 408 g/mol. The smallest absolute Gasteiger partial charge is 0.322 e. The van der Waals surface area contributed by atoms with Crippen molar-refractivity contribution in [2.24, 2.45) is 5.41 Å². The summed E-state index contributed by atoms with van der Waals surface area (Å²) in [6.07, 6.45) is 2.52. The second kappa shape index (κ2) is 8.48. The highest BCUT2D eigenvalue weighted by molar-refractivity contribution is 5.99. The van der Waals surface area contributed by atoms with Gasteiger partial charge >= 0.3 is 6.03 Å². The lowest BCUT2D eigenvalue weighted by Gasteiger charge is -2.42. The van der Waals surface area contributed by atoms with E-state index in [4.69, 9.17) is 0 Å². The molecule has 0 bridgehead atoms. The first-order valence-electron chi connectivity index (χ1n) is 10.6. The number of nitrogens with one attached hydrogen (secondary N) is 1. The molecule has 0 radical (unpaired) electrons. The van der Waals surface area contributed by atoms with Gasteiger partial charge in [0.2, 0.25) is 0 Å². The van der Waals surface area contributed by atoms with Crippen molar-refractivity contribution in [1.82, 2.24) is 10.2 Å². The number of urea groups is 1. The van der Waals surface area contributed by atoms with Gasteiger partial charge in [0.1, 0.15) is 0 Å². The van der Waals surface area contributed by atoms with Gasteiger partial charge in [-0.1, -0.05) is 36.4 Å². The Morgan fingerprint density at radius 2 is 1.97 bits per heavy atom. The molecule has 4 rings (SSSR count). The molecule has 2 aromatic carbocycles. The lowest BCUT2D eigenvalue weighted by Crippen LogP contribution is -2.49. The molecule has 2 aliphatic heterocycles. The summed E-state index contributed by atoms with van der Waals surface area (Å²) in [4.78, 5) is 29.0. The lowest BCUT2D eigenvalue weighted by atomic mass is 9.75. The summed E-state index contributed by atoms with van der Waals surface area (Å²) in [5.41, 5.74) is 3.20. The molecule has 158 valence electrons. The topological polar surface area (TPSA) is 72.9 Å². The Balaban J connectivity index is 1.55. The van der Waals surface area contributed by atoms with Crippen LogP contribution >= 0.6 is 0 Å². The molecule has 6 nitrogen and oxygen atoms in total. The molecule has 0 unspecified atom stereocenters. The van der Waals surface area contributed by atoms with Crippen LogP contribution in [0.1, 0.15) is 34.3 Å². The van der Waals surface area contributed by atoms with Gasteiger partial charge in [-0.3, -0.25) is 9.69 Å². The molecule has 2 heterocycles. The summed E-state index contributed by atoms with van der Waals surface area (Å²) in [6.45, 7) is 4.44. The van der Waals surface area contributed by atoms with Gasteiger partial charge in [0.25, 0.3) is 5.91 Å². The SMILES string of the molecule is Cc1ccc(C(=O)N2CCC[C@](CO)(Cc3ccccc3)C2)cc1N1CCNC1=O. The molecule has 0 aliphatic carbocycles. The number of hydrogen-bond donors (Lipinski definition) is 2. The highest BCUT2D eigenvalue weighted by Crippen LogP contribution is 2.34. The van der Waals surface area contributed by atoms with Crippen molar-refractivity contribution in [1.29, 1.82) is 0 Å². The fraction of sp³-hybridized carbons (Fsp3) is 0.417. The van der Waals surface area contributed by atoms with Gasteiger partial charge in [-0.15, -0.1) is 0 Å². The van der Waals surface area contributed by atoms with E-state index in [1.165, 1.54) is 5.56 Å². The van der Waals surface area contributed by atoms with Crippen LogP contribution in [0.25, 0.3) is 0 Å². The predicted octanol–water partition coefficient (Wildman–Crippen LogP) is 2.98. The monoisotopic (exact) mass is 407 g/mol. The Bertz CT molecular complexity index is 931. The number of benzene rings is 2. The minimum atomic E-state index is -0.322. The van der Waals surface area contributed by atoms with Gasteiger partial charge in [0.05, 0.1) is 6.61 Å². The van der Waals surface area contributed by atoms with Crippen LogP contribution in [-0.4, -0.2) is 54.7 Å². The van der Waals surface area contributed by atoms with Crippen LogP contribution < -0.4 is 10.2 Å². The molecule has 2 aliphatic rings. The number of aliphatic hydroxyl groups is 1. The molecule has 6 heteroatoms. The molecule has 3 amide bonds. The van der Waals surface area contributed by atoms with Gasteiger partial charge in [-0.05, 0) is 49.4 Å². The Labute approximate surface area is 177 Å². The molecule has 0 aromatic heterocycles. The van der Waals surface area contributed by atoms with Crippen LogP contribution in [0.15, 0.2) is 48.5 Å². The molecule has 30 heavy (non-hydrogen) atoms. The molecule has 2 saturated heterocycles. The van der Waals surface area contributed by atoms with Gasteiger partial charge in [-0.2, -0.15) is 0 Å². The minimum absolute atomic E-state index is 0.0403. The lowest BCUT2D eigenvalue weighted by molar-refractivity contribution is 0.0271. The second-order valence-corrected chi connectivity index (χ2v) is 8.54. The molecule has 0 saturated carbocycles. The molecule has 2 fully saturated rings. The number of hydrogen-bond acceptors (Lipinski definition) is 3. The molecule has 0 spiro atoms. The average Bonchev–Trinajstić information content (AvgIpc) is 3.20. The zero-order chi connectivity index (χ0) is 21.1. The Kier molecular flexibility index (Phi) is 5.77. The number of rotatable bonds is 5. The minimum Gasteiger partial charge on any atom is -0.396 e. The predicted molar refractivity (Wildman–Crippen MR) is 117 cm³/mol. The summed E-state index contributed by atoms with van der Waals surface area (Å²) in [7, 11) is 0. The quantitative estimate of drug-likeness (QED) is 0.800. The van der Waals surface area contributed by atoms with Crippen LogP contribution in [0.2, 0.25) is 0 Å². The van der Waals surface area contributed by atoms with Crippen molar-refractivity contribution in [2.45, 2.75) is 26.2 Å². The summed E-state index contributed by atoms with van der Waals surface area (Å²) in [5.74, 6) is -0.0403. The van der Waals surface area contributed by atoms with E-state index in [1.807, 2.05) is 48.2 Å². The number of amides is 3. The third-order valence-electron chi connectivity index (χ3n) is 6.31. The molecule has 2 N–H and O–H groups in total. The van der Waals surface area contributed by atoms with E-state index in [0.717, 1.165) is 30.5 Å². The van der Waals surface area contributed by atoms with Crippen LogP contribution in [-0.2, 0) is 6.42 Å². The van der Waals surface area contributed by atoms with Gasteiger partial charge in [-0.25, -0.2) is 4.79 Å². The normalized spacial score (nSPS) is 21.6. The van der Waals surface area contributed by atoms with Crippen molar-refractivity contribution >= 4 is 17.6 Å². The highest BCUT2D eigenvalue weighted by atomic mass is 16.3. The van der Waals surface area contributed by atoms with Crippen molar-refractivity contribution in [3.63, 3.8) is 0 Å². The molecule has 2 aromatic rings. The van der Waals surface area contributed by atoms with E-state index >= 15 is 0 Å². The largest absolute Gasteiger partial charge is 0.396 e. The first kappa shape index (κ1) is 20.4. The third-order valence-corrected chi connectivity index (χ3v) is 6.31.